The minimum absolute atomic E-state index is 0.0450. The highest BCUT2D eigenvalue weighted by molar-refractivity contribution is 6.21. The molecule has 0 saturated carbocycles. The lowest BCUT2D eigenvalue weighted by atomic mass is 9.80. The molecule has 0 radical (unpaired) electrons. The van der Waals surface area contributed by atoms with Crippen molar-refractivity contribution < 1.29 is 0 Å². The molecular weight excluding hydrogens is 540 g/mol. The summed E-state index contributed by atoms with van der Waals surface area (Å²) in [6, 6.07) is 58.4. The van der Waals surface area contributed by atoms with Gasteiger partial charge in [-0.2, -0.15) is 0 Å². The van der Waals surface area contributed by atoms with E-state index in [0.717, 1.165) is 0 Å². The second-order valence-electron chi connectivity index (χ2n) is 12.9. The highest BCUT2D eigenvalue weighted by Gasteiger charge is 2.35. The minimum atomic E-state index is -0.0450. The molecule has 0 N–H and O–H groups in total. The fourth-order valence-corrected chi connectivity index (χ4v) is 7.83. The maximum Gasteiger partial charge on any atom is 0.0159 e. The molecule has 0 heteroatoms. The average Bonchev–Trinajstić information content (AvgIpc) is 3.32. The van der Waals surface area contributed by atoms with Gasteiger partial charge in [-0.1, -0.05) is 153 Å². The smallest absolute Gasteiger partial charge is 0.0159 e. The molecule has 1 aliphatic carbocycles. The monoisotopic (exact) mass is 572 g/mol. The Bertz CT molecular complexity index is 2400. The lowest BCUT2D eigenvalue weighted by molar-refractivity contribution is 0.660. The third kappa shape index (κ3) is 3.92. The van der Waals surface area contributed by atoms with Gasteiger partial charge in [0.2, 0.25) is 0 Å². The van der Waals surface area contributed by atoms with Crippen LogP contribution in [-0.2, 0) is 5.41 Å². The van der Waals surface area contributed by atoms with E-state index >= 15 is 0 Å². The van der Waals surface area contributed by atoms with Crippen molar-refractivity contribution >= 4 is 32.3 Å². The number of hydrogen-bond donors (Lipinski definition) is 0. The van der Waals surface area contributed by atoms with Gasteiger partial charge in [0.25, 0.3) is 0 Å². The molecule has 8 aromatic rings. The summed E-state index contributed by atoms with van der Waals surface area (Å²) >= 11 is 0. The third-order valence-electron chi connectivity index (χ3n) is 10.0. The van der Waals surface area contributed by atoms with Crippen LogP contribution in [0.1, 0.15) is 25.0 Å². The predicted molar refractivity (Wildman–Crippen MR) is 193 cm³/mol. The van der Waals surface area contributed by atoms with Crippen molar-refractivity contribution in [1.29, 1.82) is 0 Å². The van der Waals surface area contributed by atoms with Gasteiger partial charge in [-0.05, 0) is 106 Å². The topological polar surface area (TPSA) is 0 Å². The molecule has 0 aromatic heterocycles. The molecule has 0 fully saturated rings. The Morgan fingerprint density at radius 3 is 1.56 bits per heavy atom. The SMILES string of the molecule is CC1(C)c2ccccc2-c2ccc(-c3c4ccccc4c(-c4cccc(-c5ccc6ccccc6c5)c4)c4ccccc34)cc21. The molecule has 1 aliphatic rings. The molecule has 45 heavy (non-hydrogen) atoms. The zero-order chi connectivity index (χ0) is 30.1. The van der Waals surface area contributed by atoms with Gasteiger partial charge in [-0.25, -0.2) is 0 Å². The Hall–Kier alpha value is -5.46. The first kappa shape index (κ1) is 26.0. The van der Waals surface area contributed by atoms with E-state index in [1.54, 1.807) is 0 Å². The Kier molecular flexibility index (Phi) is 5.64. The minimum Gasteiger partial charge on any atom is -0.0619 e. The molecule has 0 spiro atoms. The summed E-state index contributed by atoms with van der Waals surface area (Å²) in [6.07, 6.45) is 0. The molecule has 212 valence electrons. The Labute approximate surface area is 264 Å². The lowest BCUT2D eigenvalue weighted by Crippen LogP contribution is -2.14. The fraction of sp³-hybridized carbons (Fsp3) is 0.0667. The Morgan fingerprint density at radius 2 is 0.844 bits per heavy atom. The lowest BCUT2D eigenvalue weighted by Gasteiger charge is -2.23. The van der Waals surface area contributed by atoms with Gasteiger partial charge in [-0.3, -0.25) is 0 Å². The number of hydrogen-bond acceptors (Lipinski definition) is 0. The molecular formula is C45H32. The van der Waals surface area contributed by atoms with Crippen LogP contribution in [0.15, 0.2) is 158 Å². The van der Waals surface area contributed by atoms with E-state index in [4.69, 9.17) is 0 Å². The second kappa shape index (κ2) is 9.78. The standard InChI is InChI=1S/C45H32/c1-45(2)41-21-10-9-16-35(41)36-25-24-34(28-42(36)45)44-39-19-7-5-17-37(39)43(38-18-6-8-20-40(38)44)33-15-11-14-31(27-33)32-23-22-29-12-3-4-13-30(29)26-32/h3-28H,1-2H3. The van der Waals surface area contributed by atoms with Gasteiger partial charge >= 0.3 is 0 Å². The molecule has 0 heterocycles. The Balaban J connectivity index is 1.27. The van der Waals surface area contributed by atoms with Gasteiger partial charge in [0.05, 0.1) is 0 Å². The summed E-state index contributed by atoms with van der Waals surface area (Å²) in [6.45, 7) is 4.73. The van der Waals surface area contributed by atoms with E-state index in [9.17, 15) is 0 Å². The summed E-state index contributed by atoms with van der Waals surface area (Å²) in [5.41, 5.74) is 13.1. The van der Waals surface area contributed by atoms with E-state index in [2.05, 4.69) is 172 Å². The quantitative estimate of drug-likeness (QED) is 0.185. The predicted octanol–water partition coefficient (Wildman–Crippen LogP) is 12.5. The van der Waals surface area contributed by atoms with Crippen molar-refractivity contribution in [3.8, 4) is 44.5 Å². The molecule has 0 amide bonds. The number of rotatable bonds is 3. The van der Waals surface area contributed by atoms with Crippen LogP contribution in [0, 0.1) is 0 Å². The van der Waals surface area contributed by atoms with Crippen LogP contribution in [0.4, 0.5) is 0 Å². The van der Waals surface area contributed by atoms with Gasteiger partial charge < -0.3 is 0 Å². The molecule has 0 saturated heterocycles. The van der Waals surface area contributed by atoms with E-state index in [0.29, 0.717) is 0 Å². The first-order valence-electron chi connectivity index (χ1n) is 15.9. The molecule has 0 bridgehead atoms. The van der Waals surface area contributed by atoms with E-state index in [1.165, 1.54) is 88.0 Å². The first-order valence-corrected chi connectivity index (χ1v) is 15.9. The largest absolute Gasteiger partial charge is 0.0619 e. The van der Waals surface area contributed by atoms with Crippen LogP contribution in [0.25, 0.3) is 76.8 Å². The van der Waals surface area contributed by atoms with Crippen LogP contribution >= 0.6 is 0 Å². The molecule has 0 nitrogen and oxygen atoms in total. The van der Waals surface area contributed by atoms with Crippen LogP contribution in [0.3, 0.4) is 0 Å². The van der Waals surface area contributed by atoms with Crippen molar-refractivity contribution in [1.82, 2.24) is 0 Å². The maximum atomic E-state index is 2.46. The van der Waals surface area contributed by atoms with Crippen LogP contribution in [-0.4, -0.2) is 0 Å². The summed E-state index contributed by atoms with van der Waals surface area (Å²) < 4.78 is 0. The van der Waals surface area contributed by atoms with Crippen LogP contribution < -0.4 is 0 Å². The zero-order valence-corrected chi connectivity index (χ0v) is 25.5. The molecule has 0 atom stereocenters. The zero-order valence-electron chi connectivity index (χ0n) is 25.5. The van der Waals surface area contributed by atoms with Crippen molar-refractivity contribution in [3.63, 3.8) is 0 Å². The Morgan fingerprint density at radius 1 is 0.333 bits per heavy atom. The summed E-state index contributed by atoms with van der Waals surface area (Å²) in [7, 11) is 0. The summed E-state index contributed by atoms with van der Waals surface area (Å²) in [4.78, 5) is 0. The fourth-order valence-electron chi connectivity index (χ4n) is 7.83. The first-order chi connectivity index (χ1) is 22.1. The highest BCUT2D eigenvalue weighted by atomic mass is 14.4. The summed E-state index contributed by atoms with van der Waals surface area (Å²) in [5, 5.41) is 7.67. The van der Waals surface area contributed by atoms with E-state index in [1.807, 2.05) is 0 Å². The number of benzene rings is 8. The van der Waals surface area contributed by atoms with E-state index in [-0.39, 0.29) is 5.41 Å². The number of fused-ring (bicyclic) bond motifs is 6. The van der Waals surface area contributed by atoms with Crippen LogP contribution in [0.2, 0.25) is 0 Å². The van der Waals surface area contributed by atoms with Gasteiger partial charge in [0.15, 0.2) is 0 Å². The van der Waals surface area contributed by atoms with Crippen molar-refractivity contribution in [2.45, 2.75) is 19.3 Å². The van der Waals surface area contributed by atoms with Crippen molar-refractivity contribution in [3.05, 3.63) is 169 Å². The van der Waals surface area contributed by atoms with Crippen molar-refractivity contribution in [2.24, 2.45) is 0 Å². The van der Waals surface area contributed by atoms with Crippen LogP contribution in [0.5, 0.6) is 0 Å². The summed E-state index contributed by atoms with van der Waals surface area (Å²) in [5.74, 6) is 0. The highest BCUT2D eigenvalue weighted by Crippen LogP contribution is 2.51. The second-order valence-corrected chi connectivity index (χ2v) is 12.9. The van der Waals surface area contributed by atoms with Crippen molar-refractivity contribution in [2.75, 3.05) is 0 Å². The third-order valence-corrected chi connectivity index (χ3v) is 10.0. The molecule has 9 rings (SSSR count). The maximum absolute atomic E-state index is 2.46. The van der Waals surface area contributed by atoms with Gasteiger partial charge in [0.1, 0.15) is 0 Å². The molecule has 8 aromatic carbocycles. The normalized spacial score (nSPS) is 13.3. The van der Waals surface area contributed by atoms with Gasteiger partial charge in [0, 0.05) is 5.41 Å². The average molecular weight is 573 g/mol. The molecule has 0 aliphatic heterocycles. The van der Waals surface area contributed by atoms with Gasteiger partial charge in [-0.15, -0.1) is 0 Å². The molecule has 0 unspecified atom stereocenters. The van der Waals surface area contributed by atoms with E-state index < -0.39 is 0 Å².